The SMILES string of the molecule is COc1nc(C(=O)c2ccc(OCCCO[Si](C)(C)C(C)(C)C)cc2)ccc1C1CC1. The number of carbonyl (C=O) groups is 1. The number of carbonyl (C=O) groups excluding carboxylic acids is 1. The van der Waals surface area contributed by atoms with E-state index in [9.17, 15) is 4.79 Å². The first-order valence-electron chi connectivity index (χ1n) is 11.1. The number of pyridine rings is 1. The highest BCUT2D eigenvalue weighted by Gasteiger charge is 2.36. The van der Waals surface area contributed by atoms with Gasteiger partial charge in [0.2, 0.25) is 11.7 Å². The summed E-state index contributed by atoms with van der Waals surface area (Å²) < 4.78 is 17.4. The van der Waals surface area contributed by atoms with Crippen LogP contribution in [0.2, 0.25) is 18.1 Å². The van der Waals surface area contributed by atoms with Crippen LogP contribution >= 0.6 is 0 Å². The van der Waals surface area contributed by atoms with Gasteiger partial charge in [0.25, 0.3) is 0 Å². The molecule has 1 fully saturated rings. The number of rotatable bonds is 10. The van der Waals surface area contributed by atoms with Crippen molar-refractivity contribution in [3.63, 3.8) is 0 Å². The van der Waals surface area contributed by atoms with Crippen LogP contribution in [0.4, 0.5) is 0 Å². The molecule has 0 bridgehead atoms. The number of benzene rings is 1. The lowest BCUT2D eigenvalue weighted by Crippen LogP contribution is -2.41. The largest absolute Gasteiger partial charge is 0.494 e. The van der Waals surface area contributed by atoms with Gasteiger partial charge in [0.05, 0.1) is 13.7 Å². The molecule has 1 heterocycles. The fraction of sp³-hybridized carbons (Fsp3) is 0.520. The highest BCUT2D eigenvalue weighted by atomic mass is 28.4. The summed E-state index contributed by atoms with van der Waals surface area (Å²) in [5, 5.41) is 0.216. The Morgan fingerprint density at radius 2 is 1.74 bits per heavy atom. The van der Waals surface area contributed by atoms with E-state index in [1.54, 1.807) is 25.3 Å². The van der Waals surface area contributed by atoms with E-state index >= 15 is 0 Å². The summed E-state index contributed by atoms with van der Waals surface area (Å²) in [6, 6.07) is 11.0. The van der Waals surface area contributed by atoms with Gasteiger partial charge in [-0.05, 0) is 67.2 Å². The van der Waals surface area contributed by atoms with Crippen molar-refractivity contribution in [3.05, 3.63) is 53.2 Å². The zero-order chi connectivity index (χ0) is 22.6. The number of nitrogens with zero attached hydrogens (tertiary/aromatic N) is 1. The maximum Gasteiger partial charge on any atom is 0.217 e. The third-order valence-corrected chi connectivity index (χ3v) is 10.8. The summed E-state index contributed by atoms with van der Waals surface area (Å²) in [4.78, 5) is 17.3. The lowest BCUT2D eigenvalue weighted by atomic mass is 10.1. The first-order valence-corrected chi connectivity index (χ1v) is 14.0. The average molecular weight is 442 g/mol. The Labute approximate surface area is 187 Å². The van der Waals surface area contributed by atoms with Gasteiger partial charge in [0.1, 0.15) is 11.4 Å². The summed E-state index contributed by atoms with van der Waals surface area (Å²) >= 11 is 0. The van der Waals surface area contributed by atoms with Crippen LogP contribution in [0, 0.1) is 0 Å². The van der Waals surface area contributed by atoms with E-state index in [4.69, 9.17) is 13.9 Å². The molecule has 1 aromatic heterocycles. The molecular weight excluding hydrogens is 406 g/mol. The molecule has 0 aliphatic heterocycles. The van der Waals surface area contributed by atoms with Crippen LogP contribution in [0.25, 0.3) is 0 Å². The quantitative estimate of drug-likeness (QED) is 0.257. The predicted molar refractivity (Wildman–Crippen MR) is 126 cm³/mol. The molecule has 0 atom stereocenters. The monoisotopic (exact) mass is 441 g/mol. The number of methoxy groups -OCH3 is 1. The molecule has 3 rings (SSSR count). The molecule has 1 aromatic carbocycles. The van der Waals surface area contributed by atoms with E-state index in [0.29, 0.717) is 36.3 Å². The molecule has 31 heavy (non-hydrogen) atoms. The van der Waals surface area contributed by atoms with Crippen molar-refractivity contribution >= 4 is 14.1 Å². The van der Waals surface area contributed by atoms with Crippen LogP contribution in [0.15, 0.2) is 36.4 Å². The fourth-order valence-electron chi connectivity index (χ4n) is 3.09. The molecule has 0 radical (unpaired) electrons. The second-order valence-electron chi connectivity index (χ2n) is 9.73. The summed E-state index contributed by atoms with van der Waals surface area (Å²) in [5.41, 5.74) is 2.08. The van der Waals surface area contributed by atoms with Gasteiger partial charge < -0.3 is 13.9 Å². The minimum Gasteiger partial charge on any atom is -0.494 e. The summed E-state index contributed by atoms with van der Waals surface area (Å²) in [6.07, 6.45) is 3.16. The van der Waals surface area contributed by atoms with Gasteiger partial charge in [-0.2, -0.15) is 0 Å². The molecule has 168 valence electrons. The minimum atomic E-state index is -1.71. The van der Waals surface area contributed by atoms with Gasteiger partial charge in [-0.25, -0.2) is 4.98 Å². The van der Waals surface area contributed by atoms with Crippen LogP contribution < -0.4 is 9.47 Å². The molecule has 6 heteroatoms. The molecule has 0 amide bonds. The Morgan fingerprint density at radius 3 is 2.32 bits per heavy atom. The first-order chi connectivity index (χ1) is 14.6. The maximum absolute atomic E-state index is 12.8. The summed E-state index contributed by atoms with van der Waals surface area (Å²) in [7, 11) is -0.105. The summed E-state index contributed by atoms with van der Waals surface area (Å²) in [5.74, 6) is 1.72. The lowest BCUT2D eigenvalue weighted by molar-refractivity contribution is 0.103. The van der Waals surface area contributed by atoms with E-state index < -0.39 is 8.32 Å². The Morgan fingerprint density at radius 1 is 1.06 bits per heavy atom. The highest BCUT2D eigenvalue weighted by molar-refractivity contribution is 6.74. The van der Waals surface area contributed by atoms with Gasteiger partial charge in [-0.15, -0.1) is 0 Å². The highest BCUT2D eigenvalue weighted by Crippen LogP contribution is 2.43. The molecular formula is C25H35NO4Si. The molecule has 5 nitrogen and oxygen atoms in total. The normalized spacial score (nSPS) is 14.4. The van der Waals surface area contributed by atoms with Gasteiger partial charge in [-0.1, -0.05) is 26.8 Å². The lowest BCUT2D eigenvalue weighted by Gasteiger charge is -2.36. The Hall–Kier alpha value is -2.18. The van der Waals surface area contributed by atoms with Crippen LogP contribution in [-0.2, 0) is 4.43 Å². The van der Waals surface area contributed by atoms with Crippen molar-refractivity contribution in [2.45, 2.75) is 64.1 Å². The number of aromatic nitrogens is 1. The van der Waals surface area contributed by atoms with Gasteiger partial charge >= 0.3 is 0 Å². The minimum absolute atomic E-state index is 0.116. The van der Waals surface area contributed by atoms with E-state index in [0.717, 1.165) is 30.6 Å². The molecule has 1 aliphatic carbocycles. The zero-order valence-corrected chi connectivity index (χ0v) is 20.7. The van der Waals surface area contributed by atoms with E-state index in [1.807, 2.05) is 18.2 Å². The number of hydrogen-bond donors (Lipinski definition) is 0. The third-order valence-electron chi connectivity index (χ3n) is 6.28. The van der Waals surface area contributed by atoms with Crippen molar-refractivity contribution in [1.82, 2.24) is 4.98 Å². The van der Waals surface area contributed by atoms with E-state index in [1.165, 1.54) is 0 Å². The van der Waals surface area contributed by atoms with Gasteiger partial charge in [0.15, 0.2) is 8.32 Å². The first kappa shape index (κ1) is 23.5. The topological polar surface area (TPSA) is 57.7 Å². The Balaban J connectivity index is 1.51. The Bertz CT molecular complexity index is 899. The molecule has 0 N–H and O–H groups in total. The van der Waals surface area contributed by atoms with Crippen molar-refractivity contribution in [1.29, 1.82) is 0 Å². The van der Waals surface area contributed by atoms with Crippen molar-refractivity contribution in [2.75, 3.05) is 20.3 Å². The number of ether oxygens (including phenoxy) is 2. The molecule has 1 saturated carbocycles. The smallest absolute Gasteiger partial charge is 0.217 e. The number of ketones is 1. The maximum atomic E-state index is 12.8. The second-order valence-corrected chi connectivity index (χ2v) is 14.5. The molecule has 1 aliphatic rings. The third kappa shape index (κ3) is 5.95. The van der Waals surface area contributed by atoms with Crippen LogP contribution in [0.1, 0.15) is 67.6 Å². The fourth-order valence-corrected chi connectivity index (χ4v) is 4.18. The molecule has 0 saturated heterocycles. The Kier molecular flexibility index (Phi) is 7.22. The van der Waals surface area contributed by atoms with Crippen molar-refractivity contribution in [3.8, 4) is 11.6 Å². The predicted octanol–water partition coefficient (Wildman–Crippen LogP) is 5.99. The number of hydrogen-bond acceptors (Lipinski definition) is 5. The van der Waals surface area contributed by atoms with Gasteiger partial charge in [-0.3, -0.25) is 4.79 Å². The van der Waals surface area contributed by atoms with Crippen LogP contribution in [0.3, 0.4) is 0 Å². The second kappa shape index (κ2) is 9.53. The molecule has 0 unspecified atom stereocenters. The standard InChI is InChI=1S/C25H35NO4Si/c1-25(2,3)31(5,6)30-17-7-16-29-20-12-10-19(11-13-20)23(27)22-15-14-21(18-8-9-18)24(26-22)28-4/h10-15,18H,7-9,16-17H2,1-6H3. The van der Waals surface area contributed by atoms with Crippen LogP contribution in [-0.4, -0.2) is 39.4 Å². The van der Waals surface area contributed by atoms with Gasteiger partial charge in [0, 0.05) is 24.2 Å². The zero-order valence-electron chi connectivity index (χ0n) is 19.7. The summed E-state index contributed by atoms with van der Waals surface area (Å²) in [6.45, 7) is 12.5. The van der Waals surface area contributed by atoms with E-state index in [2.05, 4.69) is 38.8 Å². The van der Waals surface area contributed by atoms with E-state index in [-0.39, 0.29) is 10.8 Å². The average Bonchev–Trinajstić information content (AvgIpc) is 3.57. The van der Waals surface area contributed by atoms with Crippen LogP contribution in [0.5, 0.6) is 11.6 Å². The molecule has 0 spiro atoms. The molecule has 2 aromatic rings. The van der Waals surface area contributed by atoms with Crippen molar-refractivity contribution < 1.29 is 18.7 Å². The van der Waals surface area contributed by atoms with Crippen molar-refractivity contribution in [2.24, 2.45) is 0 Å².